The Labute approximate surface area is 77.6 Å². The maximum Gasteiger partial charge on any atom is 0.168 e. The highest BCUT2D eigenvalue weighted by atomic mass is 16.4. The van der Waals surface area contributed by atoms with Crippen LogP contribution >= 0.6 is 0 Å². The van der Waals surface area contributed by atoms with Gasteiger partial charge in [0.15, 0.2) is 12.4 Å². The lowest BCUT2D eigenvalue weighted by Crippen LogP contribution is -2.32. The summed E-state index contributed by atoms with van der Waals surface area (Å²) in [5.41, 5.74) is 0. The van der Waals surface area contributed by atoms with Crippen LogP contribution in [0.25, 0.3) is 0 Å². The van der Waals surface area contributed by atoms with Crippen molar-refractivity contribution < 1.29 is 14.5 Å². The fraction of sp³-hybridized carbons (Fsp3) is 0.400. The molecule has 0 amide bonds. The van der Waals surface area contributed by atoms with Crippen LogP contribution in [-0.4, -0.2) is 5.97 Å². The number of carbonyl (C=O) groups is 1. The Balaban J connectivity index is 2.17. The van der Waals surface area contributed by atoms with Gasteiger partial charge in [-0.2, -0.15) is 0 Å². The van der Waals surface area contributed by atoms with E-state index < -0.39 is 5.97 Å². The first-order valence-electron chi connectivity index (χ1n) is 4.43. The Kier molecular flexibility index (Phi) is 3.96. The van der Waals surface area contributed by atoms with E-state index in [4.69, 9.17) is 0 Å². The number of carbonyl (C=O) groups excluding carboxylic acids is 1. The van der Waals surface area contributed by atoms with E-state index in [1.54, 1.807) is 0 Å². The van der Waals surface area contributed by atoms with Crippen molar-refractivity contribution in [2.75, 3.05) is 0 Å². The summed E-state index contributed by atoms with van der Waals surface area (Å²) in [5, 5.41) is 10.1. The summed E-state index contributed by atoms with van der Waals surface area (Å²) in [6.07, 6.45) is 5.66. The van der Waals surface area contributed by atoms with Crippen molar-refractivity contribution in [3.05, 3.63) is 30.6 Å². The number of hydrogen-bond acceptors (Lipinski definition) is 2. The number of hydrogen-bond donors (Lipinski definition) is 0. The van der Waals surface area contributed by atoms with Gasteiger partial charge < -0.3 is 9.90 Å². The van der Waals surface area contributed by atoms with E-state index in [1.165, 1.54) is 0 Å². The minimum atomic E-state index is -0.960. The second-order valence-electron chi connectivity index (χ2n) is 2.94. The average Bonchev–Trinajstić information content (AvgIpc) is 2.14. The molecule has 0 aliphatic rings. The van der Waals surface area contributed by atoms with Gasteiger partial charge in [-0.25, -0.2) is 4.57 Å². The molecule has 1 rings (SSSR count). The molecule has 3 nitrogen and oxygen atoms in total. The minimum Gasteiger partial charge on any atom is -0.550 e. The van der Waals surface area contributed by atoms with Crippen molar-refractivity contribution in [3.8, 4) is 0 Å². The molecule has 0 saturated heterocycles. The molecule has 1 aromatic rings. The van der Waals surface area contributed by atoms with E-state index in [0.29, 0.717) is 6.42 Å². The molecule has 0 bridgehead atoms. The molecule has 70 valence electrons. The number of unbranched alkanes of at least 4 members (excludes halogenated alkanes) is 1. The summed E-state index contributed by atoms with van der Waals surface area (Å²) in [6.45, 7) is 0.869. The summed E-state index contributed by atoms with van der Waals surface area (Å²) in [5.74, 6) is -0.960. The van der Waals surface area contributed by atoms with Crippen molar-refractivity contribution in [1.29, 1.82) is 0 Å². The third kappa shape index (κ3) is 4.25. The number of nitrogens with zero attached hydrogens (tertiary/aromatic N) is 1. The maximum absolute atomic E-state index is 10.1. The molecule has 1 aromatic heterocycles. The summed E-state index contributed by atoms with van der Waals surface area (Å²) in [6, 6.07) is 5.87. The van der Waals surface area contributed by atoms with Crippen molar-refractivity contribution in [2.24, 2.45) is 0 Å². The van der Waals surface area contributed by atoms with Crippen LogP contribution in [0.4, 0.5) is 0 Å². The van der Waals surface area contributed by atoms with Crippen LogP contribution < -0.4 is 9.67 Å². The molecule has 0 saturated carbocycles. The van der Waals surface area contributed by atoms with Gasteiger partial charge in [0.1, 0.15) is 6.54 Å². The first-order chi connectivity index (χ1) is 6.29. The minimum absolute atomic E-state index is 0.160. The number of pyridine rings is 1. The standard InChI is InChI=1S/C10H13NO2/c12-10(13)6-2-5-9-11-7-3-1-4-8-11/h1,3-4,7-8H,2,5-6,9H2. The van der Waals surface area contributed by atoms with Gasteiger partial charge in [-0.05, 0) is 12.8 Å². The van der Waals surface area contributed by atoms with Crippen LogP contribution in [0.1, 0.15) is 19.3 Å². The van der Waals surface area contributed by atoms with Crippen LogP contribution in [0.15, 0.2) is 30.6 Å². The molecule has 13 heavy (non-hydrogen) atoms. The molecule has 0 unspecified atom stereocenters. The normalized spacial score (nSPS) is 9.85. The van der Waals surface area contributed by atoms with E-state index in [2.05, 4.69) is 0 Å². The number of aromatic nitrogens is 1. The third-order valence-electron chi connectivity index (χ3n) is 1.82. The Bertz CT molecular complexity index is 259. The zero-order valence-corrected chi connectivity index (χ0v) is 7.48. The second-order valence-corrected chi connectivity index (χ2v) is 2.94. The van der Waals surface area contributed by atoms with E-state index in [-0.39, 0.29) is 6.42 Å². The number of aliphatic carboxylic acids is 1. The Morgan fingerprint density at radius 3 is 2.46 bits per heavy atom. The van der Waals surface area contributed by atoms with Gasteiger partial charge in [0, 0.05) is 24.5 Å². The Morgan fingerprint density at radius 1 is 1.15 bits per heavy atom. The number of rotatable bonds is 5. The van der Waals surface area contributed by atoms with Gasteiger partial charge in [0.2, 0.25) is 0 Å². The van der Waals surface area contributed by atoms with Gasteiger partial charge in [-0.15, -0.1) is 0 Å². The third-order valence-corrected chi connectivity index (χ3v) is 1.82. The molecule has 0 atom stereocenters. The molecule has 0 aliphatic heterocycles. The molecule has 0 N–H and O–H groups in total. The van der Waals surface area contributed by atoms with Gasteiger partial charge in [-0.1, -0.05) is 6.07 Å². The Hall–Kier alpha value is -1.38. The van der Waals surface area contributed by atoms with Crippen LogP contribution in [0, 0.1) is 0 Å². The summed E-state index contributed by atoms with van der Waals surface area (Å²) < 4.78 is 2.04. The predicted octanol–water partition coefficient (Wildman–Crippen LogP) is -0.106. The predicted molar refractivity (Wildman–Crippen MR) is 45.5 cm³/mol. The number of carboxylic acid groups (broad SMARTS) is 1. The van der Waals surface area contributed by atoms with Crippen molar-refractivity contribution in [3.63, 3.8) is 0 Å². The zero-order valence-electron chi connectivity index (χ0n) is 7.48. The van der Waals surface area contributed by atoms with E-state index in [9.17, 15) is 9.90 Å². The molecule has 3 heteroatoms. The molecular weight excluding hydrogens is 166 g/mol. The van der Waals surface area contributed by atoms with Gasteiger partial charge in [0.25, 0.3) is 0 Å². The van der Waals surface area contributed by atoms with E-state index >= 15 is 0 Å². The summed E-state index contributed by atoms with van der Waals surface area (Å²) in [7, 11) is 0. The topological polar surface area (TPSA) is 44.0 Å². The molecule has 0 spiro atoms. The first kappa shape index (κ1) is 9.71. The Morgan fingerprint density at radius 2 is 1.85 bits per heavy atom. The van der Waals surface area contributed by atoms with Gasteiger partial charge >= 0.3 is 0 Å². The molecule has 0 fully saturated rings. The first-order valence-corrected chi connectivity index (χ1v) is 4.43. The lowest BCUT2D eigenvalue weighted by atomic mass is 10.2. The van der Waals surface area contributed by atoms with Crippen LogP contribution in [0.2, 0.25) is 0 Å². The average molecular weight is 179 g/mol. The number of aryl methyl sites for hydroxylation is 1. The molecular formula is C10H13NO2. The highest BCUT2D eigenvalue weighted by molar-refractivity contribution is 5.63. The largest absolute Gasteiger partial charge is 0.550 e. The number of carboxylic acids is 1. The molecule has 0 aromatic carbocycles. The molecule has 0 aliphatic carbocycles. The highest BCUT2D eigenvalue weighted by Gasteiger charge is 1.96. The van der Waals surface area contributed by atoms with E-state index in [1.807, 2.05) is 35.2 Å². The quantitative estimate of drug-likeness (QED) is 0.468. The maximum atomic E-state index is 10.1. The second kappa shape index (κ2) is 5.30. The van der Waals surface area contributed by atoms with Crippen molar-refractivity contribution >= 4 is 5.97 Å². The fourth-order valence-corrected chi connectivity index (χ4v) is 1.15. The smallest absolute Gasteiger partial charge is 0.168 e. The molecule has 1 heterocycles. The molecule has 0 radical (unpaired) electrons. The summed E-state index contributed by atoms with van der Waals surface area (Å²) in [4.78, 5) is 10.1. The van der Waals surface area contributed by atoms with Crippen LogP contribution in [-0.2, 0) is 11.3 Å². The highest BCUT2D eigenvalue weighted by Crippen LogP contribution is 1.93. The lowest BCUT2D eigenvalue weighted by molar-refractivity contribution is -0.697. The fourth-order valence-electron chi connectivity index (χ4n) is 1.15. The monoisotopic (exact) mass is 179 g/mol. The van der Waals surface area contributed by atoms with Crippen LogP contribution in [0.3, 0.4) is 0 Å². The van der Waals surface area contributed by atoms with Gasteiger partial charge in [-0.3, -0.25) is 0 Å². The van der Waals surface area contributed by atoms with Crippen molar-refractivity contribution in [2.45, 2.75) is 25.8 Å². The van der Waals surface area contributed by atoms with Crippen molar-refractivity contribution in [1.82, 2.24) is 0 Å². The summed E-state index contributed by atoms with van der Waals surface area (Å²) >= 11 is 0. The lowest BCUT2D eigenvalue weighted by Gasteiger charge is -1.99. The zero-order chi connectivity index (χ0) is 9.52. The SMILES string of the molecule is O=C([O-])CCCC[n+]1ccccc1. The van der Waals surface area contributed by atoms with Gasteiger partial charge in [0.05, 0.1) is 0 Å². The van der Waals surface area contributed by atoms with E-state index in [0.717, 1.165) is 13.0 Å². The van der Waals surface area contributed by atoms with Crippen LogP contribution in [0.5, 0.6) is 0 Å².